The van der Waals surface area contributed by atoms with Gasteiger partial charge in [0, 0.05) is 0 Å². The molecule has 0 aromatic carbocycles. The first-order chi connectivity index (χ1) is 7.76. The highest BCUT2D eigenvalue weighted by Crippen LogP contribution is 2.42. The Bertz CT molecular complexity index is 174. The summed E-state index contributed by atoms with van der Waals surface area (Å²) in [4.78, 5) is 0. The van der Waals surface area contributed by atoms with Gasteiger partial charge in [0.1, 0.15) is 0 Å². The van der Waals surface area contributed by atoms with E-state index in [-0.39, 0.29) is 0 Å². The second-order valence-electron chi connectivity index (χ2n) is 5.38. The number of rotatable bonds is 7. The van der Waals surface area contributed by atoms with E-state index in [0.29, 0.717) is 5.41 Å². The zero-order chi connectivity index (χ0) is 11.9. The molecule has 0 saturated heterocycles. The van der Waals surface area contributed by atoms with Gasteiger partial charge in [0.05, 0.1) is 0 Å². The fourth-order valence-electron chi connectivity index (χ4n) is 2.98. The molecule has 2 N–H and O–H groups in total. The van der Waals surface area contributed by atoms with Crippen molar-refractivity contribution in [3.05, 3.63) is 0 Å². The van der Waals surface area contributed by atoms with E-state index >= 15 is 0 Å². The predicted molar refractivity (Wildman–Crippen MR) is 76.0 cm³/mol. The van der Waals surface area contributed by atoms with Gasteiger partial charge in [0.25, 0.3) is 0 Å². The SMILES string of the molecule is CCCC1CCC(CN)(CCSCC)CC1. The lowest BCUT2D eigenvalue weighted by molar-refractivity contribution is 0.147. The van der Waals surface area contributed by atoms with Crippen LogP contribution in [-0.4, -0.2) is 18.1 Å². The molecule has 1 rings (SSSR count). The topological polar surface area (TPSA) is 26.0 Å². The molecule has 16 heavy (non-hydrogen) atoms. The summed E-state index contributed by atoms with van der Waals surface area (Å²) in [6.07, 6.45) is 9.78. The maximum atomic E-state index is 6.03. The Hall–Kier alpha value is 0.310. The Balaban J connectivity index is 2.32. The van der Waals surface area contributed by atoms with Crippen molar-refractivity contribution in [3.63, 3.8) is 0 Å². The number of hydrogen-bond acceptors (Lipinski definition) is 2. The lowest BCUT2D eigenvalue weighted by atomic mass is 9.68. The van der Waals surface area contributed by atoms with E-state index in [1.165, 1.54) is 56.5 Å². The minimum atomic E-state index is 0.506. The maximum Gasteiger partial charge on any atom is -0.00202 e. The third kappa shape index (κ3) is 4.29. The van der Waals surface area contributed by atoms with Crippen LogP contribution in [0.25, 0.3) is 0 Å². The molecule has 1 aliphatic carbocycles. The second-order valence-corrected chi connectivity index (χ2v) is 6.78. The van der Waals surface area contributed by atoms with Crippen LogP contribution in [-0.2, 0) is 0 Å². The van der Waals surface area contributed by atoms with Gasteiger partial charge in [-0.05, 0) is 61.5 Å². The fraction of sp³-hybridized carbons (Fsp3) is 1.00. The summed E-state index contributed by atoms with van der Waals surface area (Å²) < 4.78 is 0. The third-order valence-corrected chi connectivity index (χ3v) is 5.18. The van der Waals surface area contributed by atoms with Crippen molar-refractivity contribution in [3.8, 4) is 0 Å². The molecule has 96 valence electrons. The molecule has 0 aromatic heterocycles. The van der Waals surface area contributed by atoms with Crippen LogP contribution in [0.15, 0.2) is 0 Å². The lowest BCUT2D eigenvalue weighted by Gasteiger charge is -2.39. The number of thioether (sulfide) groups is 1. The normalized spacial score (nSPS) is 30.6. The highest BCUT2D eigenvalue weighted by atomic mass is 32.2. The van der Waals surface area contributed by atoms with Gasteiger partial charge >= 0.3 is 0 Å². The molecule has 1 aliphatic rings. The van der Waals surface area contributed by atoms with E-state index in [9.17, 15) is 0 Å². The smallest absolute Gasteiger partial charge is 0.00202 e. The van der Waals surface area contributed by atoms with Crippen LogP contribution in [0.4, 0.5) is 0 Å². The summed E-state index contributed by atoms with van der Waals surface area (Å²) in [5, 5.41) is 0. The van der Waals surface area contributed by atoms with Gasteiger partial charge in [0.15, 0.2) is 0 Å². The van der Waals surface area contributed by atoms with Gasteiger partial charge in [0.2, 0.25) is 0 Å². The highest BCUT2D eigenvalue weighted by Gasteiger charge is 2.33. The van der Waals surface area contributed by atoms with E-state index in [4.69, 9.17) is 5.73 Å². The van der Waals surface area contributed by atoms with E-state index < -0.39 is 0 Å². The van der Waals surface area contributed by atoms with Crippen LogP contribution in [0.5, 0.6) is 0 Å². The van der Waals surface area contributed by atoms with Crippen molar-refractivity contribution in [2.24, 2.45) is 17.1 Å². The molecule has 0 heterocycles. The highest BCUT2D eigenvalue weighted by molar-refractivity contribution is 7.99. The molecule has 1 saturated carbocycles. The van der Waals surface area contributed by atoms with Gasteiger partial charge in [-0.3, -0.25) is 0 Å². The molecule has 0 unspecified atom stereocenters. The molecule has 0 radical (unpaired) electrons. The summed E-state index contributed by atoms with van der Waals surface area (Å²) >= 11 is 2.07. The Morgan fingerprint density at radius 1 is 1.25 bits per heavy atom. The largest absolute Gasteiger partial charge is 0.330 e. The molecule has 0 aromatic rings. The summed E-state index contributed by atoms with van der Waals surface area (Å²) in [7, 11) is 0. The van der Waals surface area contributed by atoms with Crippen molar-refractivity contribution < 1.29 is 0 Å². The van der Waals surface area contributed by atoms with Crippen molar-refractivity contribution in [2.75, 3.05) is 18.1 Å². The van der Waals surface area contributed by atoms with E-state index in [2.05, 4.69) is 25.6 Å². The fourth-order valence-corrected chi connectivity index (χ4v) is 3.84. The summed E-state index contributed by atoms with van der Waals surface area (Å²) in [5.41, 5.74) is 6.54. The molecule has 0 bridgehead atoms. The van der Waals surface area contributed by atoms with Crippen LogP contribution >= 0.6 is 11.8 Å². The molecular weight excluding hydrogens is 214 g/mol. The summed E-state index contributed by atoms with van der Waals surface area (Å²) in [5.74, 6) is 3.56. The van der Waals surface area contributed by atoms with Gasteiger partial charge < -0.3 is 5.73 Å². The molecule has 2 heteroatoms. The van der Waals surface area contributed by atoms with Crippen molar-refractivity contribution in [1.82, 2.24) is 0 Å². The van der Waals surface area contributed by atoms with Crippen molar-refractivity contribution in [1.29, 1.82) is 0 Å². The molecule has 0 atom stereocenters. The molecular formula is C14H29NS. The average Bonchev–Trinajstić information content (AvgIpc) is 2.32. The van der Waals surface area contributed by atoms with E-state index in [0.717, 1.165) is 12.5 Å². The Morgan fingerprint density at radius 2 is 1.94 bits per heavy atom. The zero-order valence-electron chi connectivity index (χ0n) is 11.1. The third-order valence-electron chi connectivity index (χ3n) is 4.28. The lowest BCUT2D eigenvalue weighted by Crippen LogP contribution is -2.35. The summed E-state index contributed by atoms with van der Waals surface area (Å²) in [6.45, 7) is 5.47. The minimum absolute atomic E-state index is 0.506. The zero-order valence-corrected chi connectivity index (χ0v) is 12.0. The number of nitrogens with two attached hydrogens (primary N) is 1. The average molecular weight is 243 g/mol. The van der Waals surface area contributed by atoms with Crippen molar-refractivity contribution >= 4 is 11.8 Å². The quantitative estimate of drug-likeness (QED) is 0.682. The Kier molecular flexibility index (Phi) is 6.83. The molecule has 1 nitrogen and oxygen atoms in total. The molecule has 0 aliphatic heterocycles. The van der Waals surface area contributed by atoms with Crippen LogP contribution < -0.4 is 5.73 Å². The van der Waals surface area contributed by atoms with Gasteiger partial charge in [-0.15, -0.1) is 0 Å². The molecule has 0 amide bonds. The first-order valence-corrected chi connectivity index (χ1v) is 8.19. The first kappa shape index (κ1) is 14.4. The minimum Gasteiger partial charge on any atom is -0.330 e. The van der Waals surface area contributed by atoms with E-state index in [1.807, 2.05) is 0 Å². The van der Waals surface area contributed by atoms with Gasteiger partial charge in [-0.2, -0.15) is 11.8 Å². The predicted octanol–water partition coefficient (Wildman–Crippen LogP) is 4.07. The first-order valence-electron chi connectivity index (χ1n) is 7.04. The van der Waals surface area contributed by atoms with Crippen LogP contribution in [0, 0.1) is 11.3 Å². The summed E-state index contributed by atoms with van der Waals surface area (Å²) in [6, 6.07) is 0. The van der Waals surface area contributed by atoms with Crippen LogP contribution in [0.1, 0.15) is 58.8 Å². The van der Waals surface area contributed by atoms with Crippen LogP contribution in [0.3, 0.4) is 0 Å². The van der Waals surface area contributed by atoms with Crippen LogP contribution in [0.2, 0.25) is 0 Å². The van der Waals surface area contributed by atoms with Crippen molar-refractivity contribution in [2.45, 2.75) is 58.8 Å². The van der Waals surface area contributed by atoms with E-state index in [1.54, 1.807) is 0 Å². The Morgan fingerprint density at radius 3 is 2.44 bits per heavy atom. The molecule has 0 spiro atoms. The monoisotopic (exact) mass is 243 g/mol. The maximum absolute atomic E-state index is 6.03. The molecule has 1 fully saturated rings. The standard InChI is InChI=1S/C14H29NS/c1-3-5-13-6-8-14(12-15,9-7-13)10-11-16-4-2/h13H,3-12,15H2,1-2H3. The number of hydrogen-bond donors (Lipinski definition) is 1. The van der Waals surface area contributed by atoms with Gasteiger partial charge in [-0.1, -0.05) is 26.7 Å². The Labute approximate surface area is 106 Å². The second kappa shape index (κ2) is 7.60. The van der Waals surface area contributed by atoms with Gasteiger partial charge in [-0.25, -0.2) is 0 Å².